The number of para-hydroxylation sites is 1. The zero-order chi connectivity index (χ0) is 18.8. The summed E-state index contributed by atoms with van der Waals surface area (Å²) in [7, 11) is 1.61. The quantitative estimate of drug-likeness (QED) is 0.485. The number of urea groups is 1. The van der Waals surface area contributed by atoms with E-state index in [4.69, 9.17) is 4.74 Å². The van der Waals surface area contributed by atoms with E-state index in [0.717, 1.165) is 31.6 Å². The van der Waals surface area contributed by atoms with Crippen molar-refractivity contribution in [1.82, 2.24) is 16.0 Å². The third-order valence-corrected chi connectivity index (χ3v) is 4.32. The molecule has 1 aliphatic rings. The highest BCUT2D eigenvalue weighted by molar-refractivity contribution is 5.99. The van der Waals surface area contributed by atoms with E-state index in [1.165, 1.54) is 0 Å². The second-order valence-corrected chi connectivity index (χ2v) is 6.17. The fraction of sp³-hybridized carbons (Fsp3) is 0.474. The Labute approximate surface area is 154 Å². The molecule has 0 bridgehead atoms. The van der Waals surface area contributed by atoms with Crippen LogP contribution in [0.3, 0.4) is 0 Å². The molecule has 0 aliphatic carbocycles. The van der Waals surface area contributed by atoms with Crippen LogP contribution in [0.5, 0.6) is 0 Å². The van der Waals surface area contributed by atoms with Crippen molar-refractivity contribution in [3.8, 4) is 0 Å². The molecule has 0 unspecified atom stereocenters. The van der Waals surface area contributed by atoms with Crippen LogP contribution in [0, 0.1) is 0 Å². The Hall–Kier alpha value is -2.54. The minimum absolute atomic E-state index is 0.0956. The molecule has 0 saturated carbocycles. The van der Waals surface area contributed by atoms with Gasteiger partial charge in [-0.3, -0.25) is 4.79 Å². The molecule has 0 aromatic heterocycles. The molecule has 26 heavy (non-hydrogen) atoms. The van der Waals surface area contributed by atoms with Crippen LogP contribution in [0.4, 0.5) is 10.5 Å². The first-order valence-electron chi connectivity index (χ1n) is 8.92. The van der Waals surface area contributed by atoms with Gasteiger partial charge in [0.1, 0.15) is 0 Å². The zero-order valence-corrected chi connectivity index (χ0v) is 15.3. The molecule has 7 nitrogen and oxygen atoms in total. The van der Waals surface area contributed by atoms with E-state index in [-0.39, 0.29) is 18.0 Å². The number of benzene rings is 1. The maximum absolute atomic E-state index is 12.4. The minimum atomic E-state index is -0.165. The first kappa shape index (κ1) is 19.8. The average molecular weight is 360 g/mol. The van der Waals surface area contributed by atoms with Crippen molar-refractivity contribution in [1.29, 1.82) is 0 Å². The number of amides is 3. The Morgan fingerprint density at radius 2 is 2.00 bits per heavy atom. The highest BCUT2D eigenvalue weighted by Crippen LogP contribution is 2.24. The fourth-order valence-electron chi connectivity index (χ4n) is 2.97. The van der Waals surface area contributed by atoms with E-state index < -0.39 is 0 Å². The molecule has 3 N–H and O–H groups in total. The summed E-state index contributed by atoms with van der Waals surface area (Å²) in [5.74, 6) is -0.0956. The van der Waals surface area contributed by atoms with Crippen molar-refractivity contribution in [2.45, 2.75) is 18.9 Å². The van der Waals surface area contributed by atoms with Gasteiger partial charge in [0, 0.05) is 45.0 Å². The average Bonchev–Trinajstić information content (AvgIpc) is 2.67. The smallest absolute Gasteiger partial charge is 0.315 e. The summed E-state index contributed by atoms with van der Waals surface area (Å²) in [5, 5.41) is 8.58. The van der Waals surface area contributed by atoms with Gasteiger partial charge in [-0.1, -0.05) is 18.2 Å². The number of carbonyl (C=O) groups is 2. The number of nitrogens with zero attached hydrogens (tertiary/aromatic N) is 1. The molecule has 1 heterocycles. The van der Waals surface area contributed by atoms with Crippen molar-refractivity contribution in [3.05, 3.63) is 42.5 Å². The van der Waals surface area contributed by atoms with Gasteiger partial charge in [0.2, 0.25) is 0 Å². The van der Waals surface area contributed by atoms with Crippen LogP contribution in [0.15, 0.2) is 36.9 Å². The molecular formula is C19H28N4O3. The van der Waals surface area contributed by atoms with E-state index in [0.29, 0.717) is 25.3 Å². The lowest BCUT2D eigenvalue weighted by atomic mass is 10.0. The maximum Gasteiger partial charge on any atom is 0.315 e. The molecule has 1 aliphatic heterocycles. The van der Waals surface area contributed by atoms with Gasteiger partial charge in [-0.25, -0.2) is 4.79 Å². The molecule has 0 spiro atoms. The van der Waals surface area contributed by atoms with Crippen molar-refractivity contribution in [3.63, 3.8) is 0 Å². The predicted molar refractivity (Wildman–Crippen MR) is 103 cm³/mol. The van der Waals surface area contributed by atoms with Gasteiger partial charge in [0.05, 0.1) is 12.2 Å². The molecule has 3 amide bonds. The Balaban J connectivity index is 1.91. The van der Waals surface area contributed by atoms with Gasteiger partial charge < -0.3 is 25.6 Å². The predicted octanol–water partition coefficient (Wildman–Crippen LogP) is 1.52. The molecule has 1 aromatic rings. The molecule has 0 radical (unpaired) electrons. The van der Waals surface area contributed by atoms with Crippen LogP contribution in [-0.4, -0.2) is 57.9 Å². The third-order valence-electron chi connectivity index (χ3n) is 4.32. The van der Waals surface area contributed by atoms with Crippen LogP contribution in [-0.2, 0) is 4.74 Å². The second-order valence-electron chi connectivity index (χ2n) is 6.17. The summed E-state index contributed by atoms with van der Waals surface area (Å²) >= 11 is 0. The normalized spacial score (nSPS) is 14.6. The monoisotopic (exact) mass is 360 g/mol. The maximum atomic E-state index is 12.4. The van der Waals surface area contributed by atoms with Crippen LogP contribution >= 0.6 is 0 Å². The van der Waals surface area contributed by atoms with Gasteiger partial charge in [0.15, 0.2) is 0 Å². The summed E-state index contributed by atoms with van der Waals surface area (Å²) in [5.41, 5.74) is 1.59. The van der Waals surface area contributed by atoms with Crippen molar-refractivity contribution < 1.29 is 14.3 Å². The largest absolute Gasteiger partial charge is 0.383 e. The summed E-state index contributed by atoms with van der Waals surface area (Å²) in [6.07, 6.45) is 3.32. The first-order valence-corrected chi connectivity index (χ1v) is 8.92. The van der Waals surface area contributed by atoms with Gasteiger partial charge in [-0.2, -0.15) is 0 Å². The van der Waals surface area contributed by atoms with E-state index in [2.05, 4.69) is 27.4 Å². The van der Waals surface area contributed by atoms with E-state index in [9.17, 15) is 9.59 Å². The van der Waals surface area contributed by atoms with Crippen molar-refractivity contribution >= 4 is 17.6 Å². The Bertz CT molecular complexity index is 613. The molecule has 2 rings (SSSR count). The number of ether oxygens (including phenoxy) is 1. The van der Waals surface area contributed by atoms with Crippen LogP contribution in [0.2, 0.25) is 0 Å². The molecule has 1 fully saturated rings. The number of carbonyl (C=O) groups excluding carboxylic acids is 2. The van der Waals surface area contributed by atoms with Crippen molar-refractivity contribution in [2.75, 3.05) is 44.8 Å². The summed E-state index contributed by atoms with van der Waals surface area (Å²) in [6.45, 7) is 6.57. The van der Waals surface area contributed by atoms with Gasteiger partial charge >= 0.3 is 6.03 Å². The number of hydrogen-bond donors (Lipinski definition) is 3. The first-order chi connectivity index (χ1) is 12.7. The summed E-state index contributed by atoms with van der Waals surface area (Å²) < 4.78 is 4.97. The van der Waals surface area contributed by atoms with Gasteiger partial charge in [-0.15, -0.1) is 6.58 Å². The van der Waals surface area contributed by atoms with Crippen LogP contribution < -0.4 is 20.9 Å². The zero-order valence-electron chi connectivity index (χ0n) is 15.3. The van der Waals surface area contributed by atoms with E-state index in [1.807, 2.05) is 24.3 Å². The van der Waals surface area contributed by atoms with Crippen molar-refractivity contribution in [2.24, 2.45) is 0 Å². The summed E-state index contributed by atoms with van der Waals surface area (Å²) in [6, 6.07) is 7.58. The number of hydrogen-bond acceptors (Lipinski definition) is 4. The number of nitrogens with one attached hydrogen (secondary N) is 3. The molecule has 1 saturated heterocycles. The van der Waals surface area contributed by atoms with E-state index >= 15 is 0 Å². The lowest BCUT2D eigenvalue weighted by molar-refractivity contribution is 0.0937. The number of anilines is 1. The molecule has 1 aromatic carbocycles. The molecule has 0 atom stereocenters. The van der Waals surface area contributed by atoms with Crippen LogP contribution in [0.1, 0.15) is 23.2 Å². The highest BCUT2D eigenvalue weighted by Gasteiger charge is 2.23. The second kappa shape index (κ2) is 10.5. The molecule has 142 valence electrons. The van der Waals surface area contributed by atoms with E-state index in [1.54, 1.807) is 13.2 Å². The van der Waals surface area contributed by atoms with Gasteiger partial charge in [-0.05, 0) is 25.0 Å². The Morgan fingerprint density at radius 1 is 1.27 bits per heavy atom. The fourth-order valence-corrected chi connectivity index (χ4v) is 2.97. The standard InChI is InChI=1S/C19H28N4O3/c1-3-10-21-19(25)22-15-8-12-23(13-9-15)17-7-5-4-6-16(17)18(24)20-11-14-26-2/h3-7,15H,1,8-14H2,2H3,(H,20,24)(H2,21,22,25). The molecular weight excluding hydrogens is 332 g/mol. The lowest BCUT2D eigenvalue weighted by Gasteiger charge is -2.34. The van der Waals surface area contributed by atoms with Crippen LogP contribution in [0.25, 0.3) is 0 Å². The Kier molecular flexibility index (Phi) is 7.95. The van der Waals surface area contributed by atoms with Gasteiger partial charge in [0.25, 0.3) is 5.91 Å². The topological polar surface area (TPSA) is 82.7 Å². The molecule has 7 heteroatoms. The highest BCUT2D eigenvalue weighted by atomic mass is 16.5. The minimum Gasteiger partial charge on any atom is -0.383 e. The lowest BCUT2D eigenvalue weighted by Crippen LogP contribution is -2.48. The Morgan fingerprint density at radius 3 is 2.69 bits per heavy atom. The summed E-state index contributed by atoms with van der Waals surface area (Å²) in [4.78, 5) is 26.4. The number of rotatable bonds is 8. The third kappa shape index (κ3) is 5.77. The number of methoxy groups -OCH3 is 1. The SMILES string of the molecule is C=CCNC(=O)NC1CCN(c2ccccc2C(=O)NCCOC)CC1. The number of piperidine rings is 1.